The van der Waals surface area contributed by atoms with Crippen molar-refractivity contribution in [2.45, 2.75) is 31.8 Å². The fourth-order valence-corrected chi connectivity index (χ4v) is 2.73. The molecule has 0 aliphatic rings. The van der Waals surface area contributed by atoms with Crippen molar-refractivity contribution in [1.82, 2.24) is 4.72 Å². The van der Waals surface area contributed by atoms with Crippen LogP contribution in [0, 0.1) is 18.8 Å². The maximum absolute atomic E-state index is 12.1. The Morgan fingerprint density at radius 1 is 1.38 bits per heavy atom. The molecule has 0 saturated carbocycles. The molecular formula is C15H21NO4S. The molecule has 0 saturated heterocycles. The highest BCUT2D eigenvalue weighted by atomic mass is 32.2. The standard InChI is InChI=1S/C15H21NO4S/c1-12(2)20-10-8-16-21(18,19)15-7-6-14(5-4-9-17)13(3)11-15/h6-7,11-12,16-17H,8-10H2,1-3H3. The largest absolute Gasteiger partial charge is 0.384 e. The maximum atomic E-state index is 12.1. The van der Waals surface area contributed by atoms with E-state index in [1.807, 2.05) is 13.8 Å². The molecular weight excluding hydrogens is 290 g/mol. The smallest absolute Gasteiger partial charge is 0.240 e. The van der Waals surface area contributed by atoms with Gasteiger partial charge < -0.3 is 9.84 Å². The summed E-state index contributed by atoms with van der Waals surface area (Å²) in [6.45, 7) is 5.90. The lowest BCUT2D eigenvalue weighted by atomic mass is 10.1. The molecule has 6 heteroatoms. The highest BCUT2D eigenvalue weighted by Crippen LogP contribution is 2.14. The van der Waals surface area contributed by atoms with Gasteiger partial charge in [-0.3, -0.25) is 0 Å². The second-order valence-corrected chi connectivity index (χ2v) is 6.52. The predicted molar refractivity (Wildman–Crippen MR) is 81.4 cm³/mol. The second-order valence-electron chi connectivity index (χ2n) is 4.75. The van der Waals surface area contributed by atoms with Gasteiger partial charge in [0.25, 0.3) is 0 Å². The van der Waals surface area contributed by atoms with Gasteiger partial charge in [-0.1, -0.05) is 11.8 Å². The first kappa shape index (κ1) is 17.7. The molecule has 1 rings (SSSR count). The molecule has 0 aliphatic carbocycles. The van der Waals surface area contributed by atoms with Crippen LogP contribution in [-0.2, 0) is 14.8 Å². The Balaban J connectivity index is 2.77. The van der Waals surface area contributed by atoms with Crippen LogP contribution in [0.1, 0.15) is 25.0 Å². The summed E-state index contributed by atoms with van der Waals surface area (Å²) in [5.41, 5.74) is 1.45. The zero-order chi connectivity index (χ0) is 15.9. The van der Waals surface area contributed by atoms with Gasteiger partial charge in [0.2, 0.25) is 10.0 Å². The first-order chi connectivity index (χ1) is 9.86. The molecule has 0 bridgehead atoms. The van der Waals surface area contributed by atoms with Crippen molar-refractivity contribution in [3.05, 3.63) is 29.3 Å². The Labute approximate surface area is 126 Å². The number of aliphatic hydroxyl groups excluding tert-OH is 1. The molecule has 0 radical (unpaired) electrons. The van der Waals surface area contributed by atoms with Gasteiger partial charge in [-0.2, -0.15) is 0 Å². The molecule has 5 nitrogen and oxygen atoms in total. The molecule has 0 aromatic heterocycles. The summed E-state index contributed by atoms with van der Waals surface area (Å²) in [7, 11) is -3.55. The molecule has 2 N–H and O–H groups in total. The number of ether oxygens (including phenoxy) is 1. The first-order valence-corrected chi connectivity index (χ1v) is 8.17. The zero-order valence-corrected chi connectivity index (χ0v) is 13.3. The lowest BCUT2D eigenvalue weighted by Gasteiger charge is -2.10. The average Bonchev–Trinajstić information content (AvgIpc) is 2.42. The van der Waals surface area contributed by atoms with Crippen LogP contribution in [0.2, 0.25) is 0 Å². The van der Waals surface area contributed by atoms with E-state index in [4.69, 9.17) is 9.84 Å². The molecule has 21 heavy (non-hydrogen) atoms. The number of hydrogen-bond acceptors (Lipinski definition) is 4. The van der Waals surface area contributed by atoms with Crippen LogP contribution in [-0.4, -0.2) is 39.4 Å². The summed E-state index contributed by atoms with van der Waals surface area (Å²) in [6, 6.07) is 4.70. The quantitative estimate of drug-likeness (QED) is 0.608. The van der Waals surface area contributed by atoms with Gasteiger partial charge in [0.1, 0.15) is 6.61 Å². The summed E-state index contributed by atoms with van der Waals surface area (Å²) >= 11 is 0. The van der Waals surface area contributed by atoms with Gasteiger partial charge >= 0.3 is 0 Å². The van der Waals surface area contributed by atoms with Crippen molar-refractivity contribution in [3.63, 3.8) is 0 Å². The molecule has 0 aliphatic heterocycles. The Morgan fingerprint density at radius 3 is 2.67 bits per heavy atom. The van der Waals surface area contributed by atoms with Gasteiger partial charge in [0.05, 0.1) is 17.6 Å². The monoisotopic (exact) mass is 311 g/mol. The Hall–Kier alpha value is -1.39. The Kier molecular flexibility index (Phi) is 6.85. The molecule has 0 spiro atoms. The summed E-state index contributed by atoms with van der Waals surface area (Å²) in [5, 5.41) is 8.67. The summed E-state index contributed by atoms with van der Waals surface area (Å²) < 4.78 is 32.0. The number of sulfonamides is 1. The Bertz CT molecular complexity index is 627. The third-order valence-corrected chi connectivity index (χ3v) is 4.11. The van der Waals surface area contributed by atoms with Crippen molar-refractivity contribution in [1.29, 1.82) is 0 Å². The number of benzene rings is 1. The van der Waals surface area contributed by atoms with Crippen molar-refractivity contribution < 1.29 is 18.3 Å². The topological polar surface area (TPSA) is 75.6 Å². The molecule has 1 aromatic rings. The lowest BCUT2D eigenvalue weighted by molar-refractivity contribution is 0.0834. The first-order valence-electron chi connectivity index (χ1n) is 6.68. The van der Waals surface area contributed by atoms with E-state index in [0.29, 0.717) is 12.2 Å². The zero-order valence-electron chi connectivity index (χ0n) is 12.5. The fourth-order valence-electron chi connectivity index (χ4n) is 1.63. The van der Waals surface area contributed by atoms with Crippen molar-refractivity contribution in [2.24, 2.45) is 0 Å². The van der Waals surface area contributed by atoms with Crippen LogP contribution in [0.25, 0.3) is 0 Å². The number of hydrogen-bond donors (Lipinski definition) is 2. The lowest BCUT2D eigenvalue weighted by Crippen LogP contribution is -2.28. The highest BCUT2D eigenvalue weighted by molar-refractivity contribution is 7.89. The third-order valence-electron chi connectivity index (χ3n) is 2.66. The van der Waals surface area contributed by atoms with Gasteiger partial charge in [-0.25, -0.2) is 13.1 Å². The third kappa shape index (κ3) is 5.86. The van der Waals surface area contributed by atoms with E-state index in [-0.39, 0.29) is 24.2 Å². The minimum atomic E-state index is -3.55. The molecule has 0 atom stereocenters. The van der Waals surface area contributed by atoms with Crippen molar-refractivity contribution in [2.75, 3.05) is 19.8 Å². The Morgan fingerprint density at radius 2 is 2.10 bits per heavy atom. The minimum Gasteiger partial charge on any atom is -0.384 e. The van der Waals surface area contributed by atoms with Gasteiger partial charge in [0, 0.05) is 12.1 Å². The molecule has 0 amide bonds. The summed E-state index contributed by atoms with van der Waals surface area (Å²) in [4.78, 5) is 0.194. The van der Waals surface area contributed by atoms with Crippen LogP contribution in [0.15, 0.2) is 23.1 Å². The van der Waals surface area contributed by atoms with Crippen LogP contribution in [0.3, 0.4) is 0 Å². The molecule has 0 fully saturated rings. The van der Waals surface area contributed by atoms with Crippen LogP contribution in [0.5, 0.6) is 0 Å². The van der Waals surface area contributed by atoms with Gasteiger partial charge in [-0.05, 0) is 44.5 Å². The molecule has 1 aromatic carbocycles. The van der Waals surface area contributed by atoms with E-state index in [1.165, 1.54) is 6.07 Å². The van der Waals surface area contributed by atoms with E-state index in [1.54, 1.807) is 19.1 Å². The fraction of sp³-hybridized carbons (Fsp3) is 0.467. The molecule has 116 valence electrons. The number of rotatable bonds is 6. The minimum absolute atomic E-state index is 0.0705. The molecule has 0 unspecified atom stereocenters. The number of nitrogens with one attached hydrogen (secondary N) is 1. The average molecular weight is 311 g/mol. The molecule has 0 heterocycles. The SMILES string of the molecule is Cc1cc(S(=O)(=O)NCCOC(C)C)ccc1C#CCO. The van der Waals surface area contributed by atoms with E-state index in [9.17, 15) is 8.42 Å². The van der Waals surface area contributed by atoms with E-state index >= 15 is 0 Å². The number of aliphatic hydroxyl groups is 1. The summed E-state index contributed by atoms with van der Waals surface area (Å²) in [5.74, 6) is 5.31. The van der Waals surface area contributed by atoms with E-state index in [0.717, 1.165) is 5.56 Å². The number of aryl methyl sites for hydroxylation is 1. The van der Waals surface area contributed by atoms with Crippen molar-refractivity contribution in [3.8, 4) is 11.8 Å². The van der Waals surface area contributed by atoms with E-state index < -0.39 is 10.0 Å². The highest BCUT2D eigenvalue weighted by Gasteiger charge is 2.14. The van der Waals surface area contributed by atoms with Gasteiger partial charge in [-0.15, -0.1) is 0 Å². The van der Waals surface area contributed by atoms with Crippen LogP contribution >= 0.6 is 0 Å². The predicted octanol–water partition coefficient (Wildman–Crippen LogP) is 1.04. The van der Waals surface area contributed by atoms with Crippen LogP contribution in [0.4, 0.5) is 0 Å². The van der Waals surface area contributed by atoms with Crippen LogP contribution < -0.4 is 4.72 Å². The normalized spacial score (nSPS) is 11.3. The maximum Gasteiger partial charge on any atom is 0.240 e. The van der Waals surface area contributed by atoms with E-state index in [2.05, 4.69) is 16.6 Å². The summed E-state index contributed by atoms with van der Waals surface area (Å²) in [6.07, 6.45) is 0.0705. The van der Waals surface area contributed by atoms with Crippen molar-refractivity contribution >= 4 is 10.0 Å². The van der Waals surface area contributed by atoms with Gasteiger partial charge in [0.15, 0.2) is 0 Å². The second kappa shape index (κ2) is 8.15.